The molecule has 0 unspecified atom stereocenters. The van der Waals surface area contributed by atoms with Crippen LogP contribution in [-0.2, 0) is 16.1 Å². The fourth-order valence-corrected chi connectivity index (χ4v) is 4.93. The highest BCUT2D eigenvalue weighted by molar-refractivity contribution is 5.92. The molecule has 0 radical (unpaired) electrons. The Bertz CT molecular complexity index is 1070. The van der Waals surface area contributed by atoms with Crippen molar-refractivity contribution >= 4 is 28.4 Å². The summed E-state index contributed by atoms with van der Waals surface area (Å²) in [6.45, 7) is 4.70. The lowest BCUT2D eigenvalue weighted by atomic mass is 10.0. The molecule has 8 heteroatoms. The monoisotopic (exact) mass is 408 g/mol. The zero-order valence-corrected chi connectivity index (χ0v) is 17.6. The predicted molar refractivity (Wildman–Crippen MR) is 114 cm³/mol. The number of hydrogen-bond donors (Lipinski definition) is 0. The van der Waals surface area contributed by atoms with Crippen molar-refractivity contribution in [2.75, 3.05) is 31.6 Å². The van der Waals surface area contributed by atoms with Crippen molar-refractivity contribution in [2.45, 2.75) is 45.3 Å². The quantitative estimate of drug-likeness (QED) is 0.661. The van der Waals surface area contributed by atoms with E-state index >= 15 is 0 Å². The van der Waals surface area contributed by atoms with E-state index < -0.39 is 0 Å². The van der Waals surface area contributed by atoms with Gasteiger partial charge in [-0.15, -0.1) is 10.2 Å². The molecule has 5 rings (SSSR count). The fourth-order valence-electron chi connectivity index (χ4n) is 4.93. The Morgan fingerprint density at radius 2 is 1.97 bits per heavy atom. The number of hydrogen-bond acceptors (Lipinski definition) is 6. The molecule has 1 atom stereocenters. The van der Waals surface area contributed by atoms with Gasteiger partial charge in [-0.1, -0.05) is 25.0 Å². The summed E-state index contributed by atoms with van der Waals surface area (Å²) in [7, 11) is 1.66. The number of amides is 1. The minimum atomic E-state index is 0.137. The van der Waals surface area contributed by atoms with Crippen LogP contribution in [0.4, 0.5) is 5.95 Å². The molecule has 2 fully saturated rings. The number of benzene rings is 1. The van der Waals surface area contributed by atoms with Crippen LogP contribution in [0.1, 0.15) is 38.4 Å². The summed E-state index contributed by atoms with van der Waals surface area (Å²) in [6, 6.07) is 8.14. The van der Waals surface area contributed by atoms with Gasteiger partial charge in [0.2, 0.25) is 11.9 Å². The van der Waals surface area contributed by atoms with E-state index in [4.69, 9.17) is 9.72 Å². The number of aromatic nitrogens is 4. The van der Waals surface area contributed by atoms with Gasteiger partial charge in [-0.2, -0.15) is 0 Å². The van der Waals surface area contributed by atoms with Gasteiger partial charge in [0.1, 0.15) is 6.61 Å². The maximum Gasteiger partial charge on any atom is 0.226 e. The average molecular weight is 409 g/mol. The summed E-state index contributed by atoms with van der Waals surface area (Å²) in [5.41, 5.74) is 1.69. The molecule has 3 heterocycles. The van der Waals surface area contributed by atoms with Crippen LogP contribution in [0.25, 0.3) is 16.6 Å². The first-order chi connectivity index (χ1) is 14.7. The summed E-state index contributed by atoms with van der Waals surface area (Å²) in [6.07, 6.45) is 4.44. The molecular weight excluding hydrogens is 380 g/mol. The summed E-state index contributed by atoms with van der Waals surface area (Å²) < 4.78 is 7.36. The molecule has 1 amide bonds. The van der Waals surface area contributed by atoms with Crippen molar-refractivity contribution in [1.82, 2.24) is 24.5 Å². The number of carbonyl (C=O) groups excluding carboxylic acids is 1. The van der Waals surface area contributed by atoms with Gasteiger partial charge in [-0.25, -0.2) is 9.38 Å². The standard InChI is InChI=1S/C22H28N6O2/c1-15-13-26(11-12-27(15)21(29)16-7-3-4-8-16)22-23-18-10-6-5-9-17(18)20-25-24-19(14-30-2)28(20)22/h5-6,9-10,15-16H,3-4,7-8,11-14H2,1-2H3/t15-/m0/s1. The predicted octanol–water partition coefficient (Wildman–Crippen LogP) is 2.65. The first-order valence-corrected chi connectivity index (χ1v) is 10.8. The molecule has 2 aliphatic rings. The van der Waals surface area contributed by atoms with E-state index in [0.29, 0.717) is 19.1 Å². The number of nitrogens with zero attached hydrogens (tertiary/aromatic N) is 6. The summed E-state index contributed by atoms with van der Waals surface area (Å²) in [4.78, 5) is 22.3. The van der Waals surface area contributed by atoms with E-state index in [9.17, 15) is 4.79 Å². The van der Waals surface area contributed by atoms with E-state index in [1.54, 1.807) is 7.11 Å². The van der Waals surface area contributed by atoms with Gasteiger partial charge in [-0.05, 0) is 31.9 Å². The molecule has 8 nitrogen and oxygen atoms in total. The van der Waals surface area contributed by atoms with Gasteiger partial charge >= 0.3 is 0 Å². The van der Waals surface area contributed by atoms with E-state index in [2.05, 4.69) is 26.9 Å². The summed E-state index contributed by atoms with van der Waals surface area (Å²) in [5, 5.41) is 9.77. The number of carbonyl (C=O) groups is 1. The number of para-hydroxylation sites is 1. The number of methoxy groups -OCH3 is 1. The molecule has 1 aliphatic carbocycles. The van der Waals surface area contributed by atoms with Crippen molar-refractivity contribution in [2.24, 2.45) is 5.92 Å². The Balaban J connectivity index is 1.49. The third-order valence-corrected chi connectivity index (χ3v) is 6.47. The molecule has 3 aromatic rings. The van der Waals surface area contributed by atoms with E-state index in [1.165, 1.54) is 12.8 Å². The Hall–Kier alpha value is -2.74. The molecule has 0 spiro atoms. The lowest BCUT2D eigenvalue weighted by Crippen LogP contribution is -2.55. The molecule has 1 saturated carbocycles. The molecule has 0 bridgehead atoms. The first kappa shape index (κ1) is 19.2. The van der Waals surface area contributed by atoms with Crippen LogP contribution < -0.4 is 4.90 Å². The molecule has 0 N–H and O–H groups in total. The topological polar surface area (TPSA) is 75.9 Å². The lowest BCUT2D eigenvalue weighted by molar-refractivity contribution is -0.137. The normalized spacial score (nSPS) is 20.5. The van der Waals surface area contributed by atoms with E-state index in [0.717, 1.165) is 54.3 Å². The fraction of sp³-hybridized carbons (Fsp3) is 0.545. The Kier molecular flexibility index (Phi) is 5.02. The van der Waals surface area contributed by atoms with Crippen molar-refractivity contribution in [3.05, 3.63) is 30.1 Å². The molecular formula is C22H28N6O2. The molecule has 2 aromatic heterocycles. The Labute approximate surface area is 175 Å². The Morgan fingerprint density at radius 1 is 1.17 bits per heavy atom. The SMILES string of the molecule is COCc1nnc2c3ccccc3nc(N3CCN(C(=O)C4CCCC4)[C@@H](C)C3)n12. The Morgan fingerprint density at radius 3 is 2.73 bits per heavy atom. The van der Waals surface area contributed by atoms with Crippen molar-refractivity contribution in [1.29, 1.82) is 0 Å². The second-order valence-electron chi connectivity index (χ2n) is 8.45. The van der Waals surface area contributed by atoms with Gasteiger partial charge in [-0.3, -0.25) is 4.79 Å². The first-order valence-electron chi connectivity index (χ1n) is 10.8. The van der Waals surface area contributed by atoms with Crippen LogP contribution in [0.15, 0.2) is 24.3 Å². The molecule has 30 heavy (non-hydrogen) atoms. The smallest absolute Gasteiger partial charge is 0.226 e. The van der Waals surface area contributed by atoms with Gasteiger partial charge in [0.15, 0.2) is 11.5 Å². The zero-order valence-electron chi connectivity index (χ0n) is 17.6. The maximum atomic E-state index is 13.0. The van der Waals surface area contributed by atoms with Gasteiger partial charge < -0.3 is 14.5 Å². The minimum Gasteiger partial charge on any atom is -0.377 e. The van der Waals surface area contributed by atoms with E-state index in [1.807, 2.05) is 28.7 Å². The number of piperazine rings is 1. The van der Waals surface area contributed by atoms with Crippen LogP contribution in [0.5, 0.6) is 0 Å². The summed E-state index contributed by atoms with van der Waals surface area (Å²) in [5.74, 6) is 2.11. The second-order valence-corrected chi connectivity index (χ2v) is 8.45. The van der Waals surface area contributed by atoms with Crippen LogP contribution in [0.2, 0.25) is 0 Å². The molecule has 1 aliphatic heterocycles. The third-order valence-electron chi connectivity index (χ3n) is 6.47. The largest absolute Gasteiger partial charge is 0.377 e. The maximum absolute atomic E-state index is 13.0. The number of anilines is 1. The van der Waals surface area contributed by atoms with Crippen LogP contribution in [-0.4, -0.2) is 63.2 Å². The van der Waals surface area contributed by atoms with Crippen LogP contribution in [0.3, 0.4) is 0 Å². The highest BCUT2D eigenvalue weighted by Crippen LogP contribution is 2.30. The molecule has 1 saturated heterocycles. The molecule has 158 valence electrons. The van der Waals surface area contributed by atoms with Gasteiger partial charge in [0, 0.05) is 44.1 Å². The average Bonchev–Trinajstić information content (AvgIpc) is 3.44. The van der Waals surface area contributed by atoms with Crippen molar-refractivity contribution in [3.63, 3.8) is 0 Å². The third kappa shape index (κ3) is 3.19. The highest BCUT2D eigenvalue weighted by Gasteiger charge is 2.34. The zero-order chi connectivity index (χ0) is 20.7. The van der Waals surface area contributed by atoms with Crippen LogP contribution in [0, 0.1) is 5.92 Å². The summed E-state index contributed by atoms with van der Waals surface area (Å²) >= 11 is 0. The minimum absolute atomic E-state index is 0.137. The lowest BCUT2D eigenvalue weighted by Gasteiger charge is -2.41. The van der Waals surface area contributed by atoms with Gasteiger partial charge in [0.05, 0.1) is 5.52 Å². The number of ether oxygens (including phenoxy) is 1. The highest BCUT2D eigenvalue weighted by atomic mass is 16.5. The second kappa shape index (κ2) is 7.83. The van der Waals surface area contributed by atoms with Crippen molar-refractivity contribution < 1.29 is 9.53 Å². The van der Waals surface area contributed by atoms with E-state index in [-0.39, 0.29) is 12.0 Å². The van der Waals surface area contributed by atoms with Crippen LogP contribution >= 0.6 is 0 Å². The molecule has 1 aromatic carbocycles. The number of fused-ring (bicyclic) bond motifs is 3. The van der Waals surface area contributed by atoms with Gasteiger partial charge in [0.25, 0.3) is 0 Å². The number of rotatable bonds is 4. The van der Waals surface area contributed by atoms with Crippen molar-refractivity contribution in [3.8, 4) is 0 Å².